The summed E-state index contributed by atoms with van der Waals surface area (Å²) >= 11 is 0. The van der Waals surface area contributed by atoms with Gasteiger partial charge >= 0.3 is 0 Å². The predicted octanol–water partition coefficient (Wildman–Crippen LogP) is 2.40. The van der Waals surface area contributed by atoms with Gasteiger partial charge in [-0.05, 0) is 30.5 Å². The zero-order chi connectivity index (χ0) is 14.2. The van der Waals surface area contributed by atoms with E-state index < -0.39 is 0 Å². The van der Waals surface area contributed by atoms with Crippen molar-refractivity contribution in [2.24, 2.45) is 5.92 Å². The van der Waals surface area contributed by atoms with Crippen LogP contribution in [0.5, 0.6) is 5.75 Å². The highest BCUT2D eigenvalue weighted by Crippen LogP contribution is 2.33. The van der Waals surface area contributed by atoms with Gasteiger partial charge in [0.05, 0.1) is 19.8 Å². The largest absolute Gasteiger partial charge is 0.497 e. The first kappa shape index (κ1) is 15.3. The van der Waals surface area contributed by atoms with Gasteiger partial charge < -0.3 is 19.5 Å². The van der Waals surface area contributed by atoms with Crippen molar-refractivity contribution in [3.05, 3.63) is 29.8 Å². The lowest BCUT2D eigenvalue weighted by molar-refractivity contribution is -0.0280. The number of benzene rings is 1. The quantitative estimate of drug-likeness (QED) is 0.778. The molecule has 1 aromatic carbocycles. The van der Waals surface area contributed by atoms with Crippen molar-refractivity contribution in [2.75, 3.05) is 40.5 Å². The van der Waals surface area contributed by atoms with E-state index in [9.17, 15) is 0 Å². The Morgan fingerprint density at radius 2 is 2.05 bits per heavy atom. The molecular formula is C16H25NO3. The van der Waals surface area contributed by atoms with E-state index in [1.807, 2.05) is 12.1 Å². The molecule has 4 heteroatoms. The van der Waals surface area contributed by atoms with Crippen LogP contribution in [0.15, 0.2) is 24.3 Å². The van der Waals surface area contributed by atoms with Crippen molar-refractivity contribution in [3.63, 3.8) is 0 Å². The maximum atomic E-state index is 6.00. The van der Waals surface area contributed by atoms with Gasteiger partial charge in [-0.3, -0.25) is 0 Å². The summed E-state index contributed by atoms with van der Waals surface area (Å²) in [5.74, 6) is 1.41. The average Bonchev–Trinajstić information content (AvgIpc) is 2.52. The maximum absolute atomic E-state index is 6.00. The molecule has 4 nitrogen and oxygen atoms in total. The summed E-state index contributed by atoms with van der Waals surface area (Å²) in [4.78, 5) is 0. The molecule has 1 saturated heterocycles. The van der Waals surface area contributed by atoms with Crippen LogP contribution in [0.2, 0.25) is 0 Å². The lowest BCUT2D eigenvalue weighted by atomic mass is 9.89. The van der Waals surface area contributed by atoms with Gasteiger partial charge in [-0.15, -0.1) is 0 Å². The molecule has 112 valence electrons. The molecule has 2 rings (SSSR count). The Morgan fingerprint density at radius 1 is 1.25 bits per heavy atom. The highest BCUT2D eigenvalue weighted by atomic mass is 16.5. The smallest absolute Gasteiger partial charge is 0.118 e. The van der Waals surface area contributed by atoms with E-state index in [-0.39, 0.29) is 6.10 Å². The van der Waals surface area contributed by atoms with E-state index >= 15 is 0 Å². The summed E-state index contributed by atoms with van der Waals surface area (Å²) in [5, 5.41) is 3.45. The minimum atomic E-state index is 0.185. The van der Waals surface area contributed by atoms with Crippen LogP contribution in [-0.2, 0) is 9.47 Å². The Balaban J connectivity index is 1.94. The van der Waals surface area contributed by atoms with Crippen LogP contribution in [0.25, 0.3) is 0 Å². The first-order valence-electron chi connectivity index (χ1n) is 7.30. The Morgan fingerprint density at radius 3 is 2.75 bits per heavy atom. The number of hydrogen-bond acceptors (Lipinski definition) is 4. The van der Waals surface area contributed by atoms with Crippen molar-refractivity contribution in [2.45, 2.75) is 18.9 Å². The van der Waals surface area contributed by atoms with Gasteiger partial charge in [0.25, 0.3) is 0 Å². The Kier molecular flexibility index (Phi) is 6.30. The van der Waals surface area contributed by atoms with Crippen molar-refractivity contribution in [1.82, 2.24) is 5.32 Å². The third-order valence-electron chi connectivity index (χ3n) is 3.78. The molecule has 0 aliphatic carbocycles. The molecule has 2 atom stereocenters. The normalized spacial score (nSPS) is 22.7. The van der Waals surface area contributed by atoms with Gasteiger partial charge in [0.2, 0.25) is 0 Å². The Hall–Kier alpha value is -1.10. The molecule has 1 fully saturated rings. The Bertz CT molecular complexity index is 380. The molecule has 1 aliphatic heterocycles. The van der Waals surface area contributed by atoms with Crippen LogP contribution in [0.1, 0.15) is 24.5 Å². The van der Waals surface area contributed by atoms with Crippen LogP contribution in [-0.4, -0.2) is 40.5 Å². The van der Waals surface area contributed by atoms with Crippen molar-refractivity contribution < 1.29 is 14.2 Å². The number of ether oxygens (including phenoxy) is 3. The molecule has 0 spiro atoms. The lowest BCUT2D eigenvalue weighted by Crippen LogP contribution is -2.33. The third kappa shape index (κ3) is 4.20. The topological polar surface area (TPSA) is 39.7 Å². The average molecular weight is 279 g/mol. The van der Waals surface area contributed by atoms with E-state index in [1.165, 1.54) is 12.0 Å². The number of methoxy groups -OCH3 is 2. The summed E-state index contributed by atoms with van der Waals surface area (Å²) in [6.07, 6.45) is 2.53. The van der Waals surface area contributed by atoms with Gasteiger partial charge in [0.1, 0.15) is 5.75 Å². The van der Waals surface area contributed by atoms with E-state index in [0.29, 0.717) is 5.92 Å². The third-order valence-corrected chi connectivity index (χ3v) is 3.78. The first-order valence-corrected chi connectivity index (χ1v) is 7.30. The zero-order valence-electron chi connectivity index (χ0n) is 12.4. The van der Waals surface area contributed by atoms with E-state index in [2.05, 4.69) is 17.4 Å². The number of hydrogen-bond donors (Lipinski definition) is 1. The van der Waals surface area contributed by atoms with Crippen LogP contribution >= 0.6 is 0 Å². The first-order chi connectivity index (χ1) is 9.85. The molecule has 0 bridgehead atoms. The van der Waals surface area contributed by atoms with Crippen molar-refractivity contribution >= 4 is 0 Å². The van der Waals surface area contributed by atoms with E-state index in [1.54, 1.807) is 14.2 Å². The summed E-state index contributed by atoms with van der Waals surface area (Å²) in [7, 11) is 3.42. The Labute approximate surface area is 121 Å². The second-order valence-corrected chi connectivity index (χ2v) is 5.16. The fourth-order valence-corrected chi connectivity index (χ4v) is 2.68. The summed E-state index contributed by atoms with van der Waals surface area (Å²) in [5.41, 5.74) is 1.24. The summed E-state index contributed by atoms with van der Waals surface area (Å²) in [6, 6.07) is 8.22. The second kappa shape index (κ2) is 8.25. The molecule has 1 N–H and O–H groups in total. The van der Waals surface area contributed by atoms with Crippen molar-refractivity contribution in [3.8, 4) is 5.75 Å². The predicted molar refractivity (Wildman–Crippen MR) is 79.2 cm³/mol. The van der Waals surface area contributed by atoms with Crippen LogP contribution in [0, 0.1) is 5.92 Å². The molecule has 0 amide bonds. The van der Waals surface area contributed by atoms with Crippen molar-refractivity contribution in [1.29, 1.82) is 0 Å². The van der Waals surface area contributed by atoms with Gasteiger partial charge in [0, 0.05) is 32.7 Å². The van der Waals surface area contributed by atoms with E-state index in [4.69, 9.17) is 14.2 Å². The van der Waals surface area contributed by atoms with Gasteiger partial charge in [0.15, 0.2) is 0 Å². The fraction of sp³-hybridized carbons (Fsp3) is 0.625. The molecule has 1 aliphatic rings. The van der Waals surface area contributed by atoms with E-state index in [0.717, 1.165) is 38.5 Å². The van der Waals surface area contributed by atoms with Crippen LogP contribution < -0.4 is 10.1 Å². The SMILES string of the molecule is COCCNCC1CCCOC1c1ccc(OC)cc1. The number of nitrogens with one attached hydrogen (secondary N) is 1. The van der Waals surface area contributed by atoms with Gasteiger partial charge in [-0.25, -0.2) is 0 Å². The number of rotatable bonds is 7. The molecule has 0 radical (unpaired) electrons. The zero-order valence-corrected chi connectivity index (χ0v) is 12.4. The van der Waals surface area contributed by atoms with Gasteiger partial charge in [-0.2, -0.15) is 0 Å². The molecule has 1 heterocycles. The lowest BCUT2D eigenvalue weighted by Gasteiger charge is -2.32. The van der Waals surface area contributed by atoms with Gasteiger partial charge in [-0.1, -0.05) is 12.1 Å². The summed E-state index contributed by atoms with van der Waals surface area (Å²) < 4.78 is 16.3. The minimum absolute atomic E-state index is 0.185. The highest BCUT2D eigenvalue weighted by molar-refractivity contribution is 5.29. The second-order valence-electron chi connectivity index (χ2n) is 5.16. The molecule has 1 aromatic rings. The molecular weight excluding hydrogens is 254 g/mol. The fourth-order valence-electron chi connectivity index (χ4n) is 2.68. The minimum Gasteiger partial charge on any atom is -0.497 e. The highest BCUT2D eigenvalue weighted by Gasteiger charge is 2.27. The molecule has 0 aromatic heterocycles. The summed E-state index contributed by atoms with van der Waals surface area (Å²) in [6.45, 7) is 3.47. The van der Waals surface area contributed by atoms with Crippen LogP contribution in [0.3, 0.4) is 0 Å². The molecule has 0 saturated carbocycles. The molecule has 20 heavy (non-hydrogen) atoms. The maximum Gasteiger partial charge on any atom is 0.118 e. The monoisotopic (exact) mass is 279 g/mol. The van der Waals surface area contributed by atoms with Crippen LogP contribution in [0.4, 0.5) is 0 Å². The molecule has 2 unspecified atom stereocenters. The standard InChI is InChI=1S/C16H25NO3/c1-18-11-9-17-12-14-4-3-10-20-16(14)13-5-7-15(19-2)8-6-13/h5-8,14,16-17H,3-4,9-12H2,1-2H3.